The average Bonchev–Trinajstić information content (AvgIpc) is 2.61. The summed E-state index contributed by atoms with van der Waals surface area (Å²) in [4.78, 5) is 23.6. The molecule has 2 aromatic carbocycles. The highest BCUT2D eigenvalue weighted by molar-refractivity contribution is 5.93. The summed E-state index contributed by atoms with van der Waals surface area (Å²) < 4.78 is 15.0. The van der Waals surface area contributed by atoms with Crippen LogP contribution >= 0.6 is 0 Å². The maximum Gasteiger partial charge on any atom is 0.343 e. The standard InChI is InChI=1S/C17H13NO5/c1-21-15-9-13(16(19)22-2)6-7-14(15)23-17(20)12-5-3-4-11(8-12)10-18/h3-9H,1-2H3. The van der Waals surface area contributed by atoms with Crippen molar-refractivity contribution in [3.8, 4) is 17.6 Å². The summed E-state index contributed by atoms with van der Waals surface area (Å²) in [5.74, 6) is -0.778. The smallest absolute Gasteiger partial charge is 0.343 e. The van der Waals surface area contributed by atoms with E-state index in [0.717, 1.165) is 0 Å². The van der Waals surface area contributed by atoms with Gasteiger partial charge in [0.2, 0.25) is 0 Å². The molecule has 0 aromatic heterocycles. The molecule has 0 amide bonds. The molecule has 0 fully saturated rings. The average molecular weight is 311 g/mol. The maximum atomic E-state index is 12.1. The highest BCUT2D eigenvalue weighted by Gasteiger charge is 2.15. The molecule has 0 N–H and O–H groups in total. The second-order valence-electron chi connectivity index (χ2n) is 4.44. The van der Waals surface area contributed by atoms with Gasteiger partial charge in [-0.15, -0.1) is 0 Å². The first-order valence-electron chi connectivity index (χ1n) is 6.57. The van der Waals surface area contributed by atoms with Crippen LogP contribution in [0.2, 0.25) is 0 Å². The summed E-state index contributed by atoms with van der Waals surface area (Å²) in [6.45, 7) is 0. The predicted molar refractivity (Wildman–Crippen MR) is 80.4 cm³/mol. The molecular formula is C17H13NO5. The monoisotopic (exact) mass is 311 g/mol. The van der Waals surface area contributed by atoms with Crippen molar-refractivity contribution in [3.05, 3.63) is 59.2 Å². The molecule has 0 radical (unpaired) electrons. The van der Waals surface area contributed by atoms with Gasteiger partial charge in [-0.25, -0.2) is 9.59 Å². The van der Waals surface area contributed by atoms with Gasteiger partial charge in [-0.2, -0.15) is 5.26 Å². The summed E-state index contributed by atoms with van der Waals surface area (Å²) in [7, 11) is 2.66. The van der Waals surface area contributed by atoms with E-state index in [-0.39, 0.29) is 22.6 Å². The minimum absolute atomic E-state index is 0.160. The van der Waals surface area contributed by atoms with Gasteiger partial charge in [0.25, 0.3) is 0 Å². The van der Waals surface area contributed by atoms with Crippen LogP contribution in [0, 0.1) is 11.3 Å². The normalized spacial score (nSPS) is 9.61. The Kier molecular flexibility index (Phi) is 4.95. The van der Waals surface area contributed by atoms with Crippen molar-refractivity contribution in [1.29, 1.82) is 5.26 Å². The molecule has 6 heteroatoms. The molecule has 0 heterocycles. The fourth-order valence-corrected chi connectivity index (χ4v) is 1.87. The number of nitriles is 1. The third-order valence-corrected chi connectivity index (χ3v) is 3.01. The largest absolute Gasteiger partial charge is 0.493 e. The SMILES string of the molecule is COC(=O)c1ccc(OC(=O)c2cccc(C#N)c2)c(OC)c1. The number of carbonyl (C=O) groups excluding carboxylic acids is 2. The van der Waals surface area contributed by atoms with Gasteiger partial charge in [0.05, 0.1) is 37.0 Å². The van der Waals surface area contributed by atoms with E-state index in [1.165, 1.54) is 38.5 Å². The molecule has 2 aromatic rings. The molecule has 0 bridgehead atoms. The van der Waals surface area contributed by atoms with Gasteiger partial charge in [0, 0.05) is 0 Å². The Balaban J connectivity index is 2.27. The second-order valence-corrected chi connectivity index (χ2v) is 4.44. The highest BCUT2D eigenvalue weighted by Crippen LogP contribution is 2.29. The van der Waals surface area contributed by atoms with Gasteiger partial charge in [0.1, 0.15) is 0 Å². The predicted octanol–water partition coefficient (Wildman–Crippen LogP) is 2.57. The molecule has 0 spiro atoms. The molecule has 0 saturated heterocycles. The van der Waals surface area contributed by atoms with Crippen molar-refractivity contribution in [2.24, 2.45) is 0 Å². The zero-order valence-corrected chi connectivity index (χ0v) is 12.5. The van der Waals surface area contributed by atoms with Crippen molar-refractivity contribution >= 4 is 11.9 Å². The van der Waals surface area contributed by atoms with Gasteiger partial charge >= 0.3 is 11.9 Å². The van der Waals surface area contributed by atoms with Crippen LogP contribution in [0.15, 0.2) is 42.5 Å². The lowest BCUT2D eigenvalue weighted by Gasteiger charge is -2.10. The summed E-state index contributed by atoms with van der Waals surface area (Å²) in [6, 6.07) is 12.4. The topological polar surface area (TPSA) is 85.6 Å². The first kappa shape index (κ1) is 16.0. The molecule has 0 saturated carbocycles. The minimum atomic E-state index is -0.633. The van der Waals surface area contributed by atoms with Crippen LogP contribution in [0.3, 0.4) is 0 Å². The highest BCUT2D eigenvalue weighted by atomic mass is 16.6. The minimum Gasteiger partial charge on any atom is -0.493 e. The third kappa shape index (κ3) is 3.66. The van der Waals surface area contributed by atoms with Crippen LogP contribution in [0.25, 0.3) is 0 Å². The Hall–Kier alpha value is -3.33. The summed E-state index contributed by atoms with van der Waals surface area (Å²) in [6.07, 6.45) is 0. The van der Waals surface area contributed by atoms with Crippen LogP contribution in [0.5, 0.6) is 11.5 Å². The Bertz CT molecular complexity index is 792. The Morgan fingerprint density at radius 3 is 2.35 bits per heavy atom. The maximum absolute atomic E-state index is 12.1. The number of rotatable bonds is 4. The van der Waals surface area contributed by atoms with Crippen molar-refractivity contribution in [2.75, 3.05) is 14.2 Å². The fraction of sp³-hybridized carbons (Fsp3) is 0.118. The van der Waals surface area contributed by atoms with E-state index in [4.69, 9.17) is 14.7 Å². The summed E-state index contributed by atoms with van der Waals surface area (Å²) in [5, 5.41) is 8.86. The van der Waals surface area contributed by atoms with Crippen molar-refractivity contribution in [1.82, 2.24) is 0 Å². The lowest BCUT2D eigenvalue weighted by atomic mass is 10.1. The van der Waals surface area contributed by atoms with Crippen LogP contribution in [-0.4, -0.2) is 26.2 Å². The lowest BCUT2D eigenvalue weighted by Crippen LogP contribution is -2.10. The van der Waals surface area contributed by atoms with E-state index in [9.17, 15) is 9.59 Å². The van der Waals surface area contributed by atoms with Crippen molar-refractivity contribution in [3.63, 3.8) is 0 Å². The molecule has 0 aliphatic heterocycles. The number of nitrogens with zero attached hydrogens (tertiary/aromatic N) is 1. The second kappa shape index (κ2) is 7.09. The van der Waals surface area contributed by atoms with E-state index in [0.29, 0.717) is 5.56 Å². The van der Waals surface area contributed by atoms with Gasteiger partial charge < -0.3 is 14.2 Å². The molecule has 0 atom stereocenters. The summed E-state index contributed by atoms with van der Waals surface area (Å²) >= 11 is 0. The number of hydrogen-bond acceptors (Lipinski definition) is 6. The van der Waals surface area contributed by atoms with Crippen LogP contribution < -0.4 is 9.47 Å². The van der Waals surface area contributed by atoms with Gasteiger partial charge in [0.15, 0.2) is 11.5 Å². The lowest BCUT2D eigenvalue weighted by molar-refractivity contribution is 0.0600. The number of ether oxygens (including phenoxy) is 3. The molecule has 6 nitrogen and oxygen atoms in total. The number of methoxy groups -OCH3 is 2. The molecule has 0 aliphatic rings. The fourth-order valence-electron chi connectivity index (χ4n) is 1.87. The van der Waals surface area contributed by atoms with Gasteiger partial charge in [-0.1, -0.05) is 6.07 Å². The number of carbonyl (C=O) groups is 2. The molecule has 116 valence electrons. The van der Waals surface area contributed by atoms with E-state index in [1.54, 1.807) is 18.2 Å². The van der Waals surface area contributed by atoms with Gasteiger partial charge in [-0.05, 0) is 36.4 Å². The van der Waals surface area contributed by atoms with E-state index < -0.39 is 11.9 Å². The van der Waals surface area contributed by atoms with Crippen molar-refractivity contribution in [2.45, 2.75) is 0 Å². The number of benzene rings is 2. The Morgan fingerprint density at radius 2 is 1.70 bits per heavy atom. The number of hydrogen-bond donors (Lipinski definition) is 0. The zero-order chi connectivity index (χ0) is 16.8. The molecule has 0 unspecified atom stereocenters. The quantitative estimate of drug-likeness (QED) is 0.637. The Labute approximate surface area is 132 Å². The first-order valence-corrected chi connectivity index (χ1v) is 6.57. The zero-order valence-electron chi connectivity index (χ0n) is 12.5. The van der Waals surface area contributed by atoms with E-state index >= 15 is 0 Å². The number of esters is 2. The molecule has 23 heavy (non-hydrogen) atoms. The van der Waals surface area contributed by atoms with Crippen LogP contribution in [-0.2, 0) is 4.74 Å². The van der Waals surface area contributed by atoms with E-state index in [1.807, 2.05) is 6.07 Å². The van der Waals surface area contributed by atoms with Crippen molar-refractivity contribution < 1.29 is 23.8 Å². The first-order chi connectivity index (χ1) is 11.1. The van der Waals surface area contributed by atoms with Gasteiger partial charge in [-0.3, -0.25) is 0 Å². The molecule has 2 rings (SSSR count). The van der Waals surface area contributed by atoms with Crippen LogP contribution in [0.4, 0.5) is 0 Å². The summed E-state index contributed by atoms with van der Waals surface area (Å²) in [5.41, 5.74) is 0.867. The van der Waals surface area contributed by atoms with E-state index in [2.05, 4.69) is 4.74 Å². The third-order valence-electron chi connectivity index (χ3n) is 3.01. The Morgan fingerprint density at radius 1 is 0.957 bits per heavy atom. The molecular weight excluding hydrogens is 298 g/mol. The van der Waals surface area contributed by atoms with Crippen LogP contribution in [0.1, 0.15) is 26.3 Å². The molecule has 0 aliphatic carbocycles.